The molecule has 0 unspecified atom stereocenters. The van der Waals surface area contributed by atoms with Crippen LogP contribution in [0.25, 0.3) is 0 Å². The number of nitriles is 2. The summed E-state index contributed by atoms with van der Waals surface area (Å²) in [5.41, 5.74) is -0.534. The molecule has 1 aliphatic heterocycles. The lowest BCUT2D eigenvalue weighted by atomic mass is 10.1. The molecule has 0 N–H and O–H groups in total. The molecule has 98 valence electrons. The third kappa shape index (κ3) is 3.81. The molecule has 1 fully saturated rings. The van der Waals surface area contributed by atoms with Crippen molar-refractivity contribution in [2.75, 3.05) is 19.6 Å². The van der Waals surface area contributed by atoms with Crippen molar-refractivity contribution in [1.82, 2.24) is 9.80 Å². The van der Waals surface area contributed by atoms with Crippen molar-refractivity contribution >= 4 is 6.09 Å². The predicted octanol–water partition coefficient (Wildman–Crippen LogP) is 1.30. The van der Waals surface area contributed by atoms with Crippen LogP contribution in [0.5, 0.6) is 0 Å². The molecule has 1 atom stereocenters. The van der Waals surface area contributed by atoms with Crippen LogP contribution in [-0.2, 0) is 4.74 Å². The summed E-state index contributed by atoms with van der Waals surface area (Å²) in [6.07, 6.45) is 1.89. The minimum atomic E-state index is -0.534. The zero-order valence-corrected chi connectivity index (χ0v) is 11.0. The van der Waals surface area contributed by atoms with Gasteiger partial charge in [-0.25, -0.2) is 4.79 Å². The van der Waals surface area contributed by atoms with E-state index >= 15 is 0 Å². The topological polar surface area (TPSA) is 80.4 Å². The maximum absolute atomic E-state index is 11.9. The van der Waals surface area contributed by atoms with Crippen molar-refractivity contribution in [3.8, 4) is 12.3 Å². The first-order valence-electron chi connectivity index (χ1n) is 5.88. The summed E-state index contributed by atoms with van der Waals surface area (Å²) in [5, 5.41) is 17.7. The van der Waals surface area contributed by atoms with Gasteiger partial charge in [-0.05, 0) is 20.8 Å². The fraction of sp³-hybridized carbons (Fsp3) is 0.750. The van der Waals surface area contributed by atoms with Crippen LogP contribution in [-0.4, -0.2) is 47.2 Å². The van der Waals surface area contributed by atoms with Gasteiger partial charge in [-0.1, -0.05) is 0 Å². The van der Waals surface area contributed by atoms with Crippen molar-refractivity contribution in [1.29, 1.82) is 10.5 Å². The third-order valence-electron chi connectivity index (χ3n) is 2.59. The molecule has 0 spiro atoms. The van der Waals surface area contributed by atoms with E-state index in [1.165, 1.54) is 0 Å². The van der Waals surface area contributed by atoms with Gasteiger partial charge < -0.3 is 14.5 Å². The van der Waals surface area contributed by atoms with Gasteiger partial charge in [-0.3, -0.25) is 0 Å². The van der Waals surface area contributed by atoms with Gasteiger partial charge in [0.25, 0.3) is 0 Å². The maximum Gasteiger partial charge on any atom is 0.410 e. The molecule has 0 aliphatic carbocycles. The van der Waals surface area contributed by atoms with Crippen molar-refractivity contribution < 1.29 is 9.53 Å². The summed E-state index contributed by atoms with van der Waals surface area (Å²) in [5.74, 6) is 0. The zero-order valence-electron chi connectivity index (χ0n) is 11.0. The summed E-state index contributed by atoms with van der Waals surface area (Å²) in [7, 11) is 0. The molecule has 6 heteroatoms. The Hall–Kier alpha value is -1.95. The fourth-order valence-electron chi connectivity index (χ4n) is 1.76. The lowest BCUT2D eigenvalue weighted by Crippen LogP contribution is -2.53. The third-order valence-corrected chi connectivity index (χ3v) is 2.59. The minimum Gasteiger partial charge on any atom is -0.444 e. The number of amides is 1. The van der Waals surface area contributed by atoms with E-state index in [0.717, 1.165) is 0 Å². The molecule has 1 rings (SSSR count). The Bertz CT molecular complexity index is 388. The lowest BCUT2D eigenvalue weighted by molar-refractivity contribution is 0.0112. The quantitative estimate of drug-likeness (QED) is 0.655. The van der Waals surface area contributed by atoms with Gasteiger partial charge in [0.05, 0.1) is 18.5 Å². The lowest BCUT2D eigenvalue weighted by Gasteiger charge is -2.38. The molecule has 0 saturated carbocycles. The summed E-state index contributed by atoms with van der Waals surface area (Å²) < 4.78 is 5.28. The first-order valence-corrected chi connectivity index (χ1v) is 5.88. The standard InChI is InChI=1S/C12H18N4O2/c1-12(2,3)18-11(17)15-6-7-16(9-14)10(8-15)4-5-13/h10H,4,6-8H2,1-3H3/t10-/m0/s1. The SMILES string of the molecule is CC(C)(C)OC(=O)N1CCN(C#N)[C@@H](CC#N)C1. The van der Waals surface area contributed by atoms with E-state index in [1.807, 2.05) is 33.0 Å². The number of piperazine rings is 1. The molecule has 1 saturated heterocycles. The number of hydrogen-bond donors (Lipinski definition) is 0. The molecule has 6 nitrogen and oxygen atoms in total. The van der Waals surface area contributed by atoms with E-state index < -0.39 is 5.60 Å². The Morgan fingerprint density at radius 2 is 2.06 bits per heavy atom. The first-order chi connectivity index (χ1) is 8.37. The Balaban J connectivity index is 2.63. The first kappa shape index (κ1) is 14.1. The number of carbonyl (C=O) groups is 1. The molecule has 0 aromatic carbocycles. The largest absolute Gasteiger partial charge is 0.444 e. The second-order valence-corrected chi connectivity index (χ2v) is 5.24. The molecular weight excluding hydrogens is 232 g/mol. The van der Waals surface area contributed by atoms with E-state index in [1.54, 1.807) is 9.80 Å². The van der Waals surface area contributed by atoms with Crippen molar-refractivity contribution in [3.05, 3.63) is 0 Å². The second kappa shape index (κ2) is 5.59. The molecule has 0 bridgehead atoms. The van der Waals surface area contributed by atoms with Crippen LogP contribution >= 0.6 is 0 Å². The number of hydrogen-bond acceptors (Lipinski definition) is 5. The number of rotatable bonds is 1. The highest BCUT2D eigenvalue weighted by Crippen LogP contribution is 2.15. The highest BCUT2D eigenvalue weighted by atomic mass is 16.6. The van der Waals surface area contributed by atoms with Crippen molar-refractivity contribution in [2.24, 2.45) is 0 Å². The molecule has 0 aromatic heterocycles. The molecular formula is C12H18N4O2. The fourth-order valence-corrected chi connectivity index (χ4v) is 1.76. The van der Waals surface area contributed by atoms with E-state index in [4.69, 9.17) is 15.3 Å². The molecule has 1 heterocycles. The van der Waals surface area contributed by atoms with Gasteiger partial charge in [0.1, 0.15) is 5.60 Å². The van der Waals surface area contributed by atoms with Gasteiger partial charge in [-0.2, -0.15) is 10.5 Å². The molecule has 18 heavy (non-hydrogen) atoms. The number of carbonyl (C=O) groups excluding carboxylic acids is 1. The van der Waals surface area contributed by atoms with Crippen molar-refractivity contribution in [2.45, 2.75) is 38.8 Å². The van der Waals surface area contributed by atoms with Crippen LogP contribution in [0, 0.1) is 22.8 Å². The second-order valence-electron chi connectivity index (χ2n) is 5.24. The highest BCUT2D eigenvalue weighted by Gasteiger charge is 2.31. The van der Waals surface area contributed by atoms with Crippen LogP contribution in [0.15, 0.2) is 0 Å². The average Bonchev–Trinajstić information content (AvgIpc) is 2.27. The van der Waals surface area contributed by atoms with E-state index in [0.29, 0.717) is 19.6 Å². The van der Waals surface area contributed by atoms with Gasteiger partial charge >= 0.3 is 6.09 Å². The molecule has 1 amide bonds. The Kier molecular flexibility index (Phi) is 4.38. The van der Waals surface area contributed by atoms with E-state index in [9.17, 15) is 4.79 Å². The maximum atomic E-state index is 11.9. The van der Waals surface area contributed by atoms with Crippen LogP contribution in [0.3, 0.4) is 0 Å². The van der Waals surface area contributed by atoms with Gasteiger partial charge in [0.2, 0.25) is 0 Å². The predicted molar refractivity (Wildman–Crippen MR) is 64.1 cm³/mol. The van der Waals surface area contributed by atoms with Crippen LogP contribution in [0.2, 0.25) is 0 Å². The Morgan fingerprint density at radius 3 is 2.56 bits per heavy atom. The normalized spacial score (nSPS) is 19.9. The molecule has 1 aliphatic rings. The van der Waals surface area contributed by atoms with Crippen LogP contribution in [0.4, 0.5) is 4.79 Å². The van der Waals surface area contributed by atoms with Gasteiger partial charge in [0, 0.05) is 19.6 Å². The van der Waals surface area contributed by atoms with Crippen molar-refractivity contribution in [3.63, 3.8) is 0 Å². The molecule has 0 radical (unpaired) electrons. The number of nitrogens with zero attached hydrogens (tertiary/aromatic N) is 4. The highest BCUT2D eigenvalue weighted by molar-refractivity contribution is 5.68. The van der Waals surface area contributed by atoms with Crippen LogP contribution in [0.1, 0.15) is 27.2 Å². The van der Waals surface area contributed by atoms with Gasteiger partial charge in [0.15, 0.2) is 6.19 Å². The smallest absolute Gasteiger partial charge is 0.410 e. The van der Waals surface area contributed by atoms with E-state index in [-0.39, 0.29) is 18.6 Å². The summed E-state index contributed by atoms with van der Waals surface area (Å²) >= 11 is 0. The Labute approximate surface area is 107 Å². The summed E-state index contributed by atoms with van der Waals surface area (Å²) in [6, 6.07) is 1.80. The summed E-state index contributed by atoms with van der Waals surface area (Å²) in [4.78, 5) is 15.0. The summed E-state index contributed by atoms with van der Waals surface area (Å²) in [6.45, 7) is 6.68. The monoisotopic (exact) mass is 250 g/mol. The minimum absolute atomic E-state index is 0.229. The number of ether oxygens (including phenoxy) is 1. The zero-order chi connectivity index (χ0) is 13.8. The van der Waals surface area contributed by atoms with Gasteiger partial charge in [-0.15, -0.1) is 0 Å². The van der Waals surface area contributed by atoms with Crippen LogP contribution < -0.4 is 0 Å². The van der Waals surface area contributed by atoms with E-state index in [2.05, 4.69) is 0 Å². The average molecular weight is 250 g/mol. The molecule has 0 aromatic rings. The Morgan fingerprint density at radius 1 is 1.39 bits per heavy atom.